The fourth-order valence-electron chi connectivity index (χ4n) is 2.84. The average molecular weight is 368 g/mol. The Hall–Kier alpha value is -2.82. The van der Waals surface area contributed by atoms with Crippen molar-refractivity contribution in [2.45, 2.75) is 33.2 Å². The highest BCUT2D eigenvalue weighted by molar-refractivity contribution is 5.78. The molecular formula is C22H28N2O3. The third-order valence-electron chi connectivity index (χ3n) is 4.55. The van der Waals surface area contributed by atoms with E-state index in [0.29, 0.717) is 26.1 Å². The van der Waals surface area contributed by atoms with E-state index < -0.39 is 0 Å². The molecule has 0 aliphatic rings. The van der Waals surface area contributed by atoms with E-state index in [0.717, 1.165) is 28.9 Å². The molecule has 0 aliphatic heterocycles. The van der Waals surface area contributed by atoms with E-state index in [4.69, 9.17) is 4.74 Å². The number of hydrogen-bond acceptors (Lipinski definition) is 3. The molecule has 0 saturated carbocycles. The van der Waals surface area contributed by atoms with Crippen molar-refractivity contribution in [1.29, 1.82) is 0 Å². The zero-order valence-electron chi connectivity index (χ0n) is 16.3. The first-order valence-electron chi connectivity index (χ1n) is 9.19. The van der Waals surface area contributed by atoms with E-state index in [1.54, 1.807) is 18.9 Å². The molecule has 2 amide bonds. The summed E-state index contributed by atoms with van der Waals surface area (Å²) >= 11 is 0. The van der Waals surface area contributed by atoms with Gasteiger partial charge in [-0.2, -0.15) is 0 Å². The summed E-state index contributed by atoms with van der Waals surface area (Å²) in [5.41, 5.74) is 3.36. The number of carbonyl (C=O) groups excluding carboxylic acids is 2. The minimum Gasteiger partial charge on any atom is -0.497 e. The van der Waals surface area contributed by atoms with Crippen LogP contribution in [0.3, 0.4) is 0 Å². The van der Waals surface area contributed by atoms with Gasteiger partial charge in [0.15, 0.2) is 0 Å². The summed E-state index contributed by atoms with van der Waals surface area (Å²) in [5.74, 6) is 0.739. The van der Waals surface area contributed by atoms with Crippen molar-refractivity contribution >= 4 is 11.8 Å². The molecule has 5 heteroatoms. The van der Waals surface area contributed by atoms with Crippen LogP contribution in [0.5, 0.6) is 5.75 Å². The molecule has 5 nitrogen and oxygen atoms in total. The molecule has 0 spiro atoms. The first-order chi connectivity index (χ1) is 13.0. The molecule has 0 fully saturated rings. The first-order valence-corrected chi connectivity index (χ1v) is 9.19. The lowest BCUT2D eigenvalue weighted by Crippen LogP contribution is -2.34. The van der Waals surface area contributed by atoms with Crippen LogP contribution in [0.2, 0.25) is 0 Å². The zero-order chi connectivity index (χ0) is 19.6. The molecule has 0 aliphatic carbocycles. The van der Waals surface area contributed by atoms with Crippen LogP contribution in [-0.4, -0.2) is 36.9 Å². The van der Waals surface area contributed by atoms with Crippen LogP contribution in [-0.2, 0) is 22.6 Å². The largest absolute Gasteiger partial charge is 0.497 e. The highest BCUT2D eigenvalue weighted by atomic mass is 16.5. The Kier molecular flexibility index (Phi) is 7.86. The minimum atomic E-state index is -0.0473. The van der Waals surface area contributed by atoms with Crippen molar-refractivity contribution in [3.05, 3.63) is 65.2 Å². The molecule has 0 radical (unpaired) electrons. The van der Waals surface area contributed by atoms with Crippen LogP contribution in [0.15, 0.2) is 48.5 Å². The number of rotatable bonds is 9. The molecule has 0 unspecified atom stereocenters. The SMILES string of the molecule is COc1cccc(CCNC(=O)CCN(Cc2ccccc2C)C(C)=O)c1. The zero-order valence-corrected chi connectivity index (χ0v) is 16.3. The predicted molar refractivity (Wildman–Crippen MR) is 107 cm³/mol. The van der Waals surface area contributed by atoms with Gasteiger partial charge in [0.05, 0.1) is 7.11 Å². The molecule has 0 bridgehead atoms. The lowest BCUT2D eigenvalue weighted by atomic mass is 10.1. The Bertz CT molecular complexity index is 774. The van der Waals surface area contributed by atoms with Crippen molar-refractivity contribution in [1.82, 2.24) is 10.2 Å². The van der Waals surface area contributed by atoms with Crippen molar-refractivity contribution in [2.24, 2.45) is 0 Å². The number of amides is 2. The second-order valence-corrected chi connectivity index (χ2v) is 6.57. The first kappa shape index (κ1) is 20.5. The van der Waals surface area contributed by atoms with Crippen molar-refractivity contribution in [2.75, 3.05) is 20.2 Å². The van der Waals surface area contributed by atoms with Gasteiger partial charge in [0.2, 0.25) is 11.8 Å². The lowest BCUT2D eigenvalue weighted by molar-refractivity contribution is -0.130. The molecule has 144 valence electrons. The van der Waals surface area contributed by atoms with Gasteiger partial charge in [-0.25, -0.2) is 0 Å². The number of nitrogens with zero attached hydrogens (tertiary/aromatic N) is 1. The van der Waals surface area contributed by atoms with Crippen LogP contribution < -0.4 is 10.1 Å². The molecule has 2 aromatic rings. The molecule has 2 rings (SSSR count). The Balaban J connectivity index is 1.78. The number of carbonyl (C=O) groups is 2. The van der Waals surface area contributed by atoms with E-state index in [2.05, 4.69) is 5.32 Å². The molecule has 0 aromatic heterocycles. The number of benzene rings is 2. The van der Waals surface area contributed by atoms with Gasteiger partial charge in [-0.1, -0.05) is 36.4 Å². The lowest BCUT2D eigenvalue weighted by Gasteiger charge is -2.22. The molecular weight excluding hydrogens is 340 g/mol. The average Bonchev–Trinajstić information content (AvgIpc) is 2.66. The van der Waals surface area contributed by atoms with Gasteiger partial charge >= 0.3 is 0 Å². The standard InChI is InChI=1S/C22H28N2O3/c1-17-7-4-5-9-20(17)16-24(18(2)25)14-12-22(26)23-13-11-19-8-6-10-21(15-19)27-3/h4-10,15H,11-14,16H2,1-3H3,(H,23,26). The normalized spacial score (nSPS) is 10.3. The minimum absolute atomic E-state index is 0.0255. The van der Waals surface area contributed by atoms with Crippen LogP contribution in [0, 0.1) is 6.92 Å². The number of hydrogen-bond donors (Lipinski definition) is 1. The van der Waals surface area contributed by atoms with E-state index in [9.17, 15) is 9.59 Å². The van der Waals surface area contributed by atoms with Crippen LogP contribution >= 0.6 is 0 Å². The number of nitrogens with one attached hydrogen (secondary N) is 1. The van der Waals surface area contributed by atoms with E-state index in [1.807, 2.05) is 55.5 Å². The summed E-state index contributed by atoms with van der Waals surface area (Å²) < 4.78 is 5.20. The summed E-state index contributed by atoms with van der Waals surface area (Å²) in [7, 11) is 1.64. The van der Waals surface area contributed by atoms with Gasteiger partial charge in [-0.05, 0) is 42.2 Å². The topological polar surface area (TPSA) is 58.6 Å². The Morgan fingerprint density at radius 1 is 1.11 bits per heavy atom. The van der Waals surface area contributed by atoms with Crippen LogP contribution in [0.4, 0.5) is 0 Å². The van der Waals surface area contributed by atoms with Crippen molar-refractivity contribution < 1.29 is 14.3 Å². The Labute approximate surface area is 161 Å². The molecule has 0 atom stereocenters. The number of ether oxygens (including phenoxy) is 1. The smallest absolute Gasteiger partial charge is 0.221 e. The summed E-state index contributed by atoms with van der Waals surface area (Å²) in [6, 6.07) is 15.8. The van der Waals surface area contributed by atoms with E-state index in [1.165, 1.54) is 0 Å². The third kappa shape index (κ3) is 6.77. The molecule has 0 heterocycles. The maximum Gasteiger partial charge on any atom is 0.221 e. The summed E-state index contributed by atoms with van der Waals surface area (Å²) in [5, 5.41) is 2.92. The van der Waals surface area contributed by atoms with Gasteiger partial charge in [0.25, 0.3) is 0 Å². The van der Waals surface area contributed by atoms with Gasteiger partial charge in [0.1, 0.15) is 5.75 Å². The number of aryl methyl sites for hydroxylation is 1. The van der Waals surface area contributed by atoms with Gasteiger partial charge in [0, 0.05) is 33.0 Å². The van der Waals surface area contributed by atoms with Crippen molar-refractivity contribution in [3.8, 4) is 5.75 Å². The van der Waals surface area contributed by atoms with E-state index in [-0.39, 0.29) is 11.8 Å². The fourth-order valence-corrected chi connectivity index (χ4v) is 2.84. The number of methoxy groups -OCH3 is 1. The Morgan fingerprint density at radius 2 is 1.89 bits per heavy atom. The molecule has 2 aromatic carbocycles. The van der Waals surface area contributed by atoms with Crippen molar-refractivity contribution in [3.63, 3.8) is 0 Å². The van der Waals surface area contributed by atoms with Gasteiger partial charge in [-0.3, -0.25) is 9.59 Å². The van der Waals surface area contributed by atoms with Crippen LogP contribution in [0.25, 0.3) is 0 Å². The van der Waals surface area contributed by atoms with Gasteiger partial charge in [-0.15, -0.1) is 0 Å². The quantitative estimate of drug-likeness (QED) is 0.740. The molecule has 1 N–H and O–H groups in total. The summed E-state index contributed by atoms with van der Waals surface area (Å²) in [4.78, 5) is 25.8. The van der Waals surface area contributed by atoms with Gasteiger partial charge < -0.3 is 15.0 Å². The van der Waals surface area contributed by atoms with E-state index >= 15 is 0 Å². The third-order valence-corrected chi connectivity index (χ3v) is 4.55. The highest BCUT2D eigenvalue weighted by Gasteiger charge is 2.12. The highest BCUT2D eigenvalue weighted by Crippen LogP contribution is 2.13. The van der Waals surface area contributed by atoms with Crippen LogP contribution in [0.1, 0.15) is 30.0 Å². The maximum atomic E-state index is 12.1. The maximum absolute atomic E-state index is 12.1. The monoisotopic (exact) mass is 368 g/mol. The molecule has 27 heavy (non-hydrogen) atoms. The molecule has 0 saturated heterocycles. The second-order valence-electron chi connectivity index (χ2n) is 6.57. The fraction of sp³-hybridized carbons (Fsp3) is 0.364. The summed E-state index contributed by atoms with van der Waals surface area (Å²) in [6.45, 7) is 5.07. The predicted octanol–water partition coefficient (Wildman–Crippen LogP) is 3.10. The second kappa shape index (κ2) is 10.4. The Morgan fingerprint density at radius 3 is 2.59 bits per heavy atom. The summed E-state index contributed by atoms with van der Waals surface area (Å²) in [6.07, 6.45) is 1.03.